The van der Waals surface area contributed by atoms with Gasteiger partial charge in [0.05, 0.1) is 17.6 Å². The summed E-state index contributed by atoms with van der Waals surface area (Å²) in [6, 6.07) is 12.0. The molecule has 0 aliphatic rings. The number of pyridine rings is 1. The zero-order valence-electron chi connectivity index (χ0n) is 12.2. The summed E-state index contributed by atoms with van der Waals surface area (Å²) in [5, 5.41) is 6.57. The Kier molecular flexibility index (Phi) is 4.27. The van der Waals surface area contributed by atoms with E-state index in [1.807, 2.05) is 25.5 Å². The summed E-state index contributed by atoms with van der Waals surface area (Å²) in [4.78, 5) is 10.7. The van der Waals surface area contributed by atoms with E-state index >= 15 is 0 Å². The maximum Gasteiger partial charge on any atom is 0.187 e. The average molecular weight is 331 g/mol. The lowest BCUT2D eigenvalue weighted by molar-refractivity contribution is 1.13. The molecule has 0 aliphatic heterocycles. The van der Waals surface area contributed by atoms with Crippen molar-refractivity contribution in [2.75, 3.05) is 24.3 Å². The Labute approximate surface area is 138 Å². The zero-order chi connectivity index (χ0) is 15.5. The molecule has 2 aromatic heterocycles. The van der Waals surface area contributed by atoms with Gasteiger partial charge in [-0.25, -0.2) is 9.97 Å². The number of rotatable bonds is 4. The van der Waals surface area contributed by atoms with Crippen LogP contribution in [0.1, 0.15) is 0 Å². The Morgan fingerprint density at radius 1 is 1.09 bits per heavy atom. The van der Waals surface area contributed by atoms with Gasteiger partial charge >= 0.3 is 0 Å². The molecule has 0 saturated carbocycles. The second-order valence-corrected chi connectivity index (χ2v) is 6.22. The van der Waals surface area contributed by atoms with Gasteiger partial charge in [0.25, 0.3) is 0 Å². The van der Waals surface area contributed by atoms with Gasteiger partial charge < -0.3 is 10.2 Å². The van der Waals surface area contributed by atoms with Crippen molar-refractivity contribution in [2.45, 2.75) is 0 Å². The quantitative estimate of drug-likeness (QED) is 0.706. The Hall–Kier alpha value is -2.11. The van der Waals surface area contributed by atoms with Crippen molar-refractivity contribution in [3.05, 3.63) is 53.1 Å². The van der Waals surface area contributed by atoms with Crippen LogP contribution in [0.25, 0.3) is 11.3 Å². The van der Waals surface area contributed by atoms with Gasteiger partial charge in [0.1, 0.15) is 5.15 Å². The molecule has 1 aromatic carbocycles. The lowest BCUT2D eigenvalue weighted by Crippen LogP contribution is -2.07. The van der Waals surface area contributed by atoms with Crippen LogP contribution in [0, 0.1) is 0 Å². The SMILES string of the molecule is CN(C)c1ccc(-c2csc(Nc3ccc(Cl)nc3)n2)cc1. The molecule has 0 unspecified atom stereocenters. The molecule has 0 fully saturated rings. The maximum absolute atomic E-state index is 5.78. The van der Waals surface area contributed by atoms with Crippen LogP contribution in [0.5, 0.6) is 0 Å². The minimum Gasteiger partial charge on any atom is -0.378 e. The third-order valence-corrected chi connectivity index (χ3v) is 4.14. The maximum atomic E-state index is 5.78. The number of benzene rings is 1. The van der Waals surface area contributed by atoms with Gasteiger partial charge in [0.2, 0.25) is 0 Å². The molecular weight excluding hydrogens is 316 g/mol. The summed E-state index contributed by atoms with van der Waals surface area (Å²) in [5.41, 5.74) is 4.10. The molecule has 2 heterocycles. The summed E-state index contributed by atoms with van der Waals surface area (Å²) >= 11 is 7.34. The molecule has 0 radical (unpaired) electrons. The minimum atomic E-state index is 0.478. The van der Waals surface area contributed by atoms with Crippen LogP contribution in [0.2, 0.25) is 5.15 Å². The third kappa shape index (κ3) is 3.37. The van der Waals surface area contributed by atoms with Crippen molar-refractivity contribution in [3.8, 4) is 11.3 Å². The van der Waals surface area contributed by atoms with Gasteiger partial charge in [-0.1, -0.05) is 23.7 Å². The van der Waals surface area contributed by atoms with E-state index < -0.39 is 0 Å². The topological polar surface area (TPSA) is 41.0 Å². The van der Waals surface area contributed by atoms with Crippen molar-refractivity contribution in [1.82, 2.24) is 9.97 Å². The van der Waals surface area contributed by atoms with E-state index in [4.69, 9.17) is 11.6 Å². The van der Waals surface area contributed by atoms with Crippen LogP contribution in [0.3, 0.4) is 0 Å². The molecule has 0 aliphatic carbocycles. The van der Waals surface area contributed by atoms with Gasteiger partial charge in [0.15, 0.2) is 5.13 Å². The molecule has 0 saturated heterocycles. The lowest BCUT2D eigenvalue weighted by atomic mass is 10.1. The largest absolute Gasteiger partial charge is 0.378 e. The minimum absolute atomic E-state index is 0.478. The van der Waals surface area contributed by atoms with Crippen molar-refractivity contribution in [3.63, 3.8) is 0 Å². The Morgan fingerprint density at radius 3 is 2.50 bits per heavy atom. The molecule has 22 heavy (non-hydrogen) atoms. The van der Waals surface area contributed by atoms with Gasteiger partial charge in [-0.2, -0.15) is 0 Å². The van der Waals surface area contributed by atoms with Gasteiger partial charge in [-0.3, -0.25) is 0 Å². The van der Waals surface area contributed by atoms with Crippen molar-refractivity contribution in [1.29, 1.82) is 0 Å². The van der Waals surface area contributed by atoms with E-state index in [1.165, 1.54) is 5.69 Å². The molecule has 112 valence electrons. The molecule has 1 N–H and O–H groups in total. The third-order valence-electron chi connectivity index (χ3n) is 3.16. The summed E-state index contributed by atoms with van der Waals surface area (Å²) in [5.74, 6) is 0. The summed E-state index contributed by atoms with van der Waals surface area (Å²) in [6.07, 6.45) is 1.69. The molecule has 0 bridgehead atoms. The summed E-state index contributed by atoms with van der Waals surface area (Å²) in [7, 11) is 4.06. The second-order valence-electron chi connectivity index (χ2n) is 4.97. The van der Waals surface area contributed by atoms with E-state index in [0.717, 1.165) is 22.1 Å². The smallest absolute Gasteiger partial charge is 0.187 e. The predicted octanol–water partition coefficient (Wildman–Crippen LogP) is 4.67. The normalized spacial score (nSPS) is 10.5. The fourth-order valence-electron chi connectivity index (χ4n) is 1.97. The molecule has 3 rings (SSSR count). The van der Waals surface area contributed by atoms with Crippen molar-refractivity contribution in [2.24, 2.45) is 0 Å². The number of halogens is 1. The fraction of sp³-hybridized carbons (Fsp3) is 0.125. The fourth-order valence-corrected chi connectivity index (χ4v) is 2.82. The van der Waals surface area contributed by atoms with E-state index in [0.29, 0.717) is 5.15 Å². The Morgan fingerprint density at radius 2 is 1.86 bits per heavy atom. The molecule has 4 nitrogen and oxygen atoms in total. The first-order chi connectivity index (χ1) is 10.6. The molecule has 0 amide bonds. The number of nitrogens with zero attached hydrogens (tertiary/aromatic N) is 3. The van der Waals surface area contributed by atoms with E-state index in [1.54, 1.807) is 23.6 Å². The number of anilines is 3. The van der Waals surface area contributed by atoms with E-state index in [9.17, 15) is 0 Å². The monoisotopic (exact) mass is 330 g/mol. The van der Waals surface area contributed by atoms with Crippen molar-refractivity contribution >= 4 is 39.4 Å². The van der Waals surface area contributed by atoms with E-state index in [-0.39, 0.29) is 0 Å². The molecule has 0 atom stereocenters. The highest BCUT2D eigenvalue weighted by Gasteiger charge is 2.06. The van der Waals surface area contributed by atoms with Crippen LogP contribution in [0.15, 0.2) is 48.0 Å². The highest BCUT2D eigenvalue weighted by Crippen LogP contribution is 2.28. The van der Waals surface area contributed by atoms with Crippen LogP contribution in [0.4, 0.5) is 16.5 Å². The van der Waals surface area contributed by atoms with Crippen LogP contribution in [-0.4, -0.2) is 24.1 Å². The Bertz CT molecular complexity index is 751. The van der Waals surface area contributed by atoms with Gasteiger partial charge in [-0.15, -0.1) is 11.3 Å². The first-order valence-corrected chi connectivity index (χ1v) is 7.99. The highest BCUT2D eigenvalue weighted by molar-refractivity contribution is 7.14. The lowest BCUT2D eigenvalue weighted by Gasteiger charge is -2.12. The van der Waals surface area contributed by atoms with E-state index in [2.05, 4.69) is 44.5 Å². The molecule has 3 aromatic rings. The molecular formula is C16H15ClN4S. The number of aromatic nitrogens is 2. The predicted molar refractivity (Wildman–Crippen MR) is 94.4 cm³/mol. The molecule has 0 spiro atoms. The van der Waals surface area contributed by atoms with Crippen LogP contribution < -0.4 is 10.2 Å². The first-order valence-electron chi connectivity index (χ1n) is 6.74. The average Bonchev–Trinajstić information content (AvgIpc) is 2.98. The van der Waals surface area contributed by atoms with Crippen molar-refractivity contribution < 1.29 is 0 Å². The number of nitrogens with one attached hydrogen (secondary N) is 1. The molecule has 6 heteroatoms. The van der Waals surface area contributed by atoms with Gasteiger partial charge in [0, 0.05) is 30.7 Å². The van der Waals surface area contributed by atoms with Gasteiger partial charge in [-0.05, 0) is 24.3 Å². The second kappa shape index (κ2) is 6.34. The number of hydrogen-bond acceptors (Lipinski definition) is 5. The number of thiazole rings is 1. The standard InChI is InChI=1S/C16H15ClN4S/c1-21(2)13-6-3-11(4-7-13)14-10-22-16(20-14)19-12-5-8-15(17)18-9-12/h3-10H,1-2H3,(H,19,20). The van der Waals surface area contributed by atoms with Crippen LogP contribution in [-0.2, 0) is 0 Å². The number of hydrogen-bond donors (Lipinski definition) is 1. The summed E-state index contributed by atoms with van der Waals surface area (Å²) < 4.78 is 0. The Balaban J connectivity index is 1.77. The first kappa shape index (κ1) is 14.8. The summed E-state index contributed by atoms with van der Waals surface area (Å²) in [6.45, 7) is 0. The zero-order valence-corrected chi connectivity index (χ0v) is 13.8. The van der Waals surface area contributed by atoms with Crippen LogP contribution >= 0.6 is 22.9 Å². The highest BCUT2D eigenvalue weighted by atomic mass is 35.5.